The van der Waals surface area contributed by atoms with Crippen LogP contribution in [-0.2, 0) is 0 Å². The van der Waals surface area contributed by atoms with Crippen molar-refractivity contribution in [1.82, 2.24) is 0 Å². The van der Waals surface area contributed by atoms with Crippen LogP contribution in [0.25, 0.3) is 0 Å². The van der Waals surface area contributed by atoms with Crippen molar-refractivity contribution >= 4 is 16.8 Å². The van der Waals surface area contributed by atoms with Gasteiger partial charge in [-0.3, -0.25) is 0 Å². The molecule has 2 heteroatoms. The summed E-state index contributed by atoms with van der Waals surface area (Å²) in [5.41, 5.74) is 0. The van der Waals surface area contributed by atoms with Crippen molar-refractivity contribution in [3.63, 3.8) is 0 Å². The second-order valence-electron chi connectivity index (χ2n) is 0.512. The van der Waals surface area contributed by atoms with E-state index in [1.54, 1.807) is 0 Å². The molecule has 0 unspecified atom stereocenters. The minimum absolute atomic E-state index is 0.835. The fourth-order valence-electron chi connectivity index (χ4n) is 0. The molecule has 0 aromatic rings. The summed E-state index contributed by atoms with van der Waals surface area (Å²) in [5.74, 6) is 0. The molecule has 0 fully saturated rings. The van der Waals surface area contributed by atoms with Crippen LogP contribution in [0.15, 0.2) is 0 Å². The van der Waals surface area contributed by atoms with Crippen LogP contribution in [-0.4, -0.2) is 8.58 Å². The topological polar surface area (TPSA) is 0 Å². The van der Waals surface area contributed by atoms with Crippen molar-refractivity contribution in [2.75, 3.05) is 0 Å². The molecular weight excluding hydrogens is 83.1 g/mol. The van der Waals surface area contributed by atoms with E-state index in [1.807, 2.05) is 0 Å². The summed E-state index contributed by atoms with van der Waals surface area (Å²) in [4.78, 5) is 0. The van der Waals surface area contributed by atoms with Gasteiger partial charge in [0.2, 0.25) is 0 Å². The Balaban J connectivity index is 2.43. The standard InChI is InChI=1S/C2H5PSi/c1-2-4-3/h2H2,1H3. The van der Waals surface area contributed by atoms with Gasteiger partial charge >= 0.3 is 29.7 Å². The van der Waals surface area contributed by atoms with Crippen LogP contribution in [0, 0.1) is 0 Å². The normalized spacial score (nSPS) is 5.00. The van der Waals surface area contributed by atoms with Crippen LogP contribution in [0.3, 0.4) is 0 Å². The Labute approximate surface area is 30.7 Å². The van der Waals surface area contributed by atoms with Crippen molar-refractivity contribution < 1.29 is 0 Å². The minimum atomic E-state index is 0.835. The van der Waals surface area contributed by atoms with Crippen molar-refractivity contribution in [2.24, 2.45) is 0 Å². The summed E-state index contributed by atoms with van der Waals surface area (Å²) in [6.07, 6.45) is 0. The van der Waals surface area contributed by atoms with Gasteiger partial charge in [0.05, 0.1) is 0 Å². The van der Waals surface area contributed by atoms with E-state index in [9.17, 15) is 0 Å². The first kappa shape index (κ1) is 4.65. The quantitative estimate of drug-likeness (QED) is 0.310. The van der Waals surface area contributed by atoms with Gasteiger partial charge in [-0.25, -0.2) is 0 Å². The molecule has 0 bridgehead atoms. The first-order valence-corrected chi connectivity index (χ1v) is 3.78. The third-order valence-corrected chi connectivity index (χ3v) is 1.42. The average Bonchev–Trinajstić information content (AvgIpc) is 1.37. The number of hydrogen-bond donors (Lipinski definition) is 0. The molecule has 0 spiro atoms. The van der Waals surface area contributed by atoms with Gasteiger partial charge in [0.15, 0.2) is 0 Å². The molecule has 0 rings (SSSR count). The zero-order valence-corrected chi connectivity index (χ0v) is 4.55. The molecule has 0 aromatic heterocycles. The summed E-state index contributed by atoms with van der Waals surface area (Å²) >= 11 is 0. The Bertz CT molecular complexity index is 35.8. The maximum absolute atomic E-state index is 3.95. The van der Waals surface area contributed by atoms with Crippen molar-refractivity contribution in [2.45, 2.75) is 13.0 Å². The zero-order valence-electron chi connectivity index (χ0n) is 2.65. The van der Waals surface area contributed by atoms with Gasteiger partial charge < -0.3 is 0 Å². The first-order chi connectivity index (χ1) is 1.91. The molecule has 0 aliphatic heterocycles. The van der Waals surface area contributed by atoms with Crippen LogP contribution in [0.5, 0.6) is 0 Å². The van der Waals surface area contributed by atoms with Gasteiger partial charge in [-0.05, 0) is 0 Å². The van der Waals surface area contributed by atoms with E-state index >= 15 is 0 Å². The molecule has 22 valence electrons. The van der Waals surface area contributed by atoms with Crippen LogP contribution < -0.4 is 0 Å². The molecule has 0 saturated heterocycles. The molecule has 0 aromatic carbocycles. The van der Waals surface area contributed by atoms with E-state index in [1.165, 1.54) is 6.04 Å². The van der Waals surface area contributed by atoms with Crippen LogP contribution in [0.4, 0.5) is 0 Å². The van der Waals surface area contributed by atoms with Crippen LogP contribution >= 0.6 is 8.19 Å². The maximum atomic E-state index is 3.95. The monoisotopic (exact) mass is 88.0 g/mol. The molecule has 0 N–H and O–H groups in total. The molecule has 0 atom stereocenters. The van der Waals surface area contributed by atoms with E-state index < -0.39 is 0 Å². The predicted molar refractivity (Wildman–Crippen MR) is 23.2 cm³/mol. The summed E-state index contributed by atoms with van der Waals surface area (Å²) < 4.78 is 0. The second-order valence-corrected chi connectivity index (χ2v) is 2.48. The third-order valence-electron chi connectivity index (χ3n) is 0.158. The Hall–Kier alpha value is 0.647. The Morgan fingerprint density at radius 3 is 2.25 bits per heavy atom. The molecule has 0 aliphatic rings. The van der Waals surface area contributed by atoms with Gasteiger partial charge in [-0.2, -0.15) is 0 Å². The fourth-order valence-corrected chi connectivity index (χ4v) is 0. The molecule has 0 amide bonds. The van der Waals surface area contributed by atoms with Gasteiger partial charge in [0.25, 0.3) is 0 Å². The summed E-state index contributed by atoms with van der Waals surface area (Å²) in [6.45, 7) is 2.12. The average molecular weight is 88.1 g/mol. The Morgan fingerprint density at radius 2 is 2.25 bits per heavy atom. The second kappa shape index (κ2) is 3.65. The first-order valence-electron chi connectivity index (χ1n) is 1.28. The van der Waals surface area contributed by atoms with E-state index in [-0.39, 0.29) is 0 Å². The van der Waals surface area contributed by atoms with E-state index in [0.29, 0.717) is 0 Å². The number of hydrogen-bond acceptors (Lipinski definition) is 0. The summed E-state index contributed by atoms with van der Waals surface area (Å²) in [5, 5.41) is 0. The molecule has 0 nitrogen and oxygen atoms in total. The zero-order chi connectivity index (χ0) is 3.41. The summed E-state index contributed by atoms with van der Waals surface area (Å²) in [7, 11) is 4.78. The predicted octanol–water partition coefficient (Wildman–Crippen LogP) is 1.45. The molecule has 0 radical (unpaired) electrons. The molecule has 0 aliphatic carbocycles. The van der Waals surface area contributed by atoms with E-state index in [4.69, 9.17) is 0 Å². The molecule has 0 saturated carbocycles. The SMILES string of the molecule is CC[Si]#P. The van der Waals surface area contributed by atoms with E-state index in [2.05, 4.69) is 15.1 Å². The van der Waals surface area contributed by atoms with Crippen molar-refractivity contribution in [1.29, 1.82) is 0 Å². The van der Waals surface area contributed by atoms with Crippen molar-refractivity contribution in [3.05, 3.63) is 0 Å². The van der Waals surface area contributed by atoms with Crippen molar-refractivity contribution in [3.8, 4) is 0 Å². The molecule has 0 heterocycles. The Morgan fingerprint density at radius 1 is 2.00 bits per heavy atom. The van der Waals surface area contributed by atoms with Gasteiger partial charge in [-0.15, -0.1) is 0 Å². The van der Waals surface area contributed by atoms with Gasteiger partial charge in [-0.1, -0.05) is 0 Å². The van der Waals surface area contributed by atoms with E-state index in [0.717, 1.165) is 8.58 Å². The third kappa shape index (κ3) is 2.65. The van der Waals surface area contributed by atoms with Gasteiger partial charge in [0.1, 0.15) is 0 Å². The fraction of sp³-hybridized carbons (Fsp3) is 1.00. The Kier molecular flexibility index (Phi) is 4.24. The van der Waals surface area contributed by atoms with Crippen LogP contribution in [0.1, 0.15) is 6.92 Å². The number of rotatable bonds is 0. The molecular formula is C2H5PSi. The molecule has 4 heavy (non-hydrogen) atoms. The summed E-state index contributed by atoms with van der Waals surface area (Å²) in [6, 6.07) is 1.21. The van der Waals surface area contributed by atoms with Crippen LogP contribution in [0.2, 0.25) is 6.04 Å². The van der Waals surface area contributed by atoms with Gasteiger partial charge in [0, 0.05) is 0 Å².